The Morgan fingerprint density at radius 2 is 1.60 bits per heavy atom. The van der Waals surface area contributed by atoms with Crippen LogP contribution in [0.15, 0.2) is 84.9 Å². The molecular weight excluding hydrogens is 394 g/mol. The largest absolute Gasteiger partial charge is 0.490 e. The Kier molecular flexibility index (Phi) is 5.37. The Morgan fingerprint density at radius 1 is 0.833 bits per heavy atom. The molecule has 0 saturated carbocycles. The molecule has 0 saturated heterocycles. The average molecular weight is 418 g/mol. The first kappa shape index (κ1) is 19.1. The topological polar surface area (TPSA) is 30.5 Å². The molecule has 30 heavy (non-hydrogen) atoms. The van der Waals surface area contributed by atoms with Gasteiger partial charge in [-0.05, 0) is 59.9 Å². The van der Waals surface area contributed by atoms with E-state index in [-0.39, 0.29) is 6.04 Å². The van der Waals surface area contributed by atoms with Crippen molar-refractivity contribution in [1.82, 2.24) is 0 Å². The highest BCUT2D eigenvalue weighted by atomic mass is 35.5. The maximum atomic E-state index is 6.52. The zero-order valence-corrected chi connectivity index (χ0v) is 17.4. The summed E-state index contributed by atoms with van der Waals surface area (Å²) in [7, 11) is 0. The van der Waals surface area contributed by atoms with Crippen LogP contribution in [0.1, 0.15) is 29.5 Å². The van der Waals surface area contributed by atoms with Crippen LogP contribution in [-0.2, 0) is 0 Å². The molecule has 2 aliphatic rings. The normalized spacial score (nSPS) is 21.4. The number of halogens is 1. The molecule has 152 valence electrons. The molecule has 3 nitrogen and oxygen atoms in total. The quantitative estimate of drug-likeness (QED) is 0.361. The van der Waals surface area contributed by atoms with E-state index in [1.807, 2.05) is 48.5 Å². The third-order valence-corrected chi connectivity index (χ3v) is 6.28. The monoisotopic (exact) mass is 417 g/mol. The van der Waals surface area contributed by atoms with Gasteiger partial charge in [0.05, 0.1) is 6.04 Å². The highest BCUT2D eigenvalue weighted by Crippen LogP contribution is 2.51. The number of allylic oxidation sites excluding steroid dienone is 2. The molecular formula is C26H24ClNO2. The van der Waals surface area contributed by atoms with Crippen LogP contribution >= 0.6 is 11.6 Å². The van der Waals surface area contributed by atoms with Gasteiger partial charge in [0.15, 0.2) is 0 Å². The Labute approximate surface area is 182 Å². The number of hydrogen-bond donors (Lipinski definition) is 1. The number of benzene rings is 3. The number of rotatable bonds is 6. The lowest BCUT2D eigenvalue weighted by atomic mass is 9.77. The molecule has 0 spiro atoms. The minimum absolute atomic E-state index is 0.206. The van der Waals surface area contributed by atoms with Crippen molar-refractivity contribution in [2.45, 2.75) is 18.4 Å². The lowest BCUT2D eigenvalue weighted by Gasteiger charge is -2.38. The number of anilines is 1. The van der Waals surface area contributed by atoms with Crippen LogP contribution in [0.25, 0.3) is 0 Å². The molecule has 0 radical (unpaired) electrons. The van der Waals surface area contributed by atoms with Crippen molar-refractivity contribution >= 4 is 17.3 Å². The van der Waals surface area contributed by atoms with E-state index < -0.39 is 0 Å². The van der Waals surface area contributed by atoms with Crippen molar-refractivity contribution < 1.29 is 9.47 Å². The van der Waals surface area contributed by atoms with Crippen LogP contribution in [0.2, 0.25) is 5.02 Å². The number of nitrogens with one attached hydrogen (secondary N) is 1. The van der Waals surface area contributed by atoms with Gasteiger partial charge in [0.2, 0.25) is 0 Å². The van der Waals surface area contributed by atoms with E-state index in [1.54, 1.807) is 0 Å². The number of hydrogen-bond acceptors (Lipinski definition) is 3. The Hall–Kier alpha value is -2.91. The fraction of sp³-hybridized carbons (Fsp3) is 0.231. The van der Waals surface area contributed by atoms with Crippen LogP contribution in [0.4, 0.5) is 5.69 Å². The predicted octanol–water partition coefficient (Wildman–Crippen LogP) is 6.62. The molecule has 1 heterocycles. The van der Waals surface area contributed by atoms with Crippen molar-refractivity contribution in [2.24, 2.45) is 5.92 Å². The summed E-state index contributed by atoms with van der Waals surface area (Å²) >= 11 is 6.52. The second-order valence-electron chi connectivity index (χ2n) is 7.76. The van der Waals surface area contributed by atoms with E-state index in [0.29, 0.717) is 25.0 Å². The second-order valence-corrected chi connectivity index (χ2v) is 8.16. The first-order valence-corrected chi connectivity index (χ1v) is 10.8. The van der Waals surface area contributed by atoms with E-state index in [1.165, 1.54) is 11.1 Å². The van der Waals surface area contributed by atoms with Gasteiger partial charge >= 0.3 is 0 Å². The summed E-state index contributed by atoms with van der Waals surface area (Å²) in [5.74, 6) is 2.56. The van der Waals surface area contributed by atoms with Crippen molar-refractivity contribution in [3.63, 3.8) is 0 Å². The van der Waals surface area contributed by atoms with E-state index >= 15 is 0 Å². The summed E-state index contributed by atoms with van der Waals surface area (Å²) in [5.41, 5.74) is 3.61. The molecule has 3 aromatic rings. The summed E-state index contributed by atoms with van der Waals surface area (Å²) in [6.45, 7) is 1.02. The van der Waals surface area contributed by atoms with Gasteiger partial charge < -0.3 is 14.8 Å². The average Bonchev–Trinajstić information content (AvgIpc) is 3.28. The van der Waals surface area contributed by atoms with E-state index in [4.69, 9.17) is 21.1 Å². The maximum absolute atomic E-state index is 6.52. The summed E-state index contributed by atoms with van der Waals surface area (Å²) < 4.78 is 11.7. The second kappa shape index (κ2) is 8.45. The van der Waals surface area contributed by atoms with Gasteiger partial charge in [0, 0.05) is 16.6 Å². The lowest BCUT2D eigenvalue weighted by Crippen LogP contribution is -2.29. The van der Waals surface area contributed by atoms with Gasteiger partial charge in [-0.2, -0.15) is 0 Å². The first-order chi connectivity index (χ1) is 14.8. The predicted molar refractivity (Wildman–Crippen MR) is 122 cm³/mol. The molecule has 4 heteroatoms. The third kappa shape index (κ3) is 3.78. The first-order valence-electron chi connectivity index (χ1n) is 10.4. The highest BCUT2D eigenvalue weighted by Gasteiger charge is 2.38. The van der Waals surface area contributed by atoms with Gasteiger partial charge in [-0.15, -0.1) is 0 Å². The number of ether oxygens (including phenoxy) is 2. The van der Waals surface area contributed by atoms with E-state index in [0.717, 1.165) is 28.6 Å². The molecule has 5 rings (SSSR count). The minimum atomic E-state index is 0.206. The van der Waals surface area contributed by atoms with Crippen LogP contribution in [0, 0.1) is 5.92 Å². The van der Waals surface area contributed by atoms with E-state index in [2.05, 4.69) is 41.7 Å². The summed E-state index contributed by atoms with van der Waals surface area (Å²) in [4.78, 5) is 0. The van der Waals surface area contributed by atoms with Crippen LogP contribution in [-0.4, -0.2) is 13.2 Å². The van der Waals surface area contributed by atoms with Crippen molar-refractivity contribution in [1.29, 1.82) is 0 Å². The summed E-state index contributed by atoms with van der Waals surface area (Å²) in [6, 6.07) is 24.5. The van der Waals surface area contributed by atoms with Crippen LogP contribution in [0.5, 0.6) is 11.5 Å². The number of para-hydroxylation sites is 1. The SMILES string of the molecule is Clc1ccccc1C1Nc2ccc(OCCOc3ccccc3)cc2C2C=CCC21. The standard InChI is InChI=1S/C26H24ClNO2/c27-24-12-5-4-9-22(24)26-21-11-6-10-20(21)23-17-19(13-14-25(23)28-26)30-16-15-29-18-7-2-1-3-8-18/h1-10,12-14,17,20-21,26,28H,11,15-16H2. The zero-order valence-electron chi connectivity index (χ0n) is 16.6. The molecule has 0 bridgehead atoms. The molecule has 0 fully saturated rings. The minimum Gasteiger partial charge on any atom is -0.490 e. The van der Waals surface area contributed by atoms with Gasteiger partial charge in [0.25, 0.3) is 0 Å². The van der Waals surface area contributed by atoms with Gasteiger partial charge in [0.1, 0.15) is 24.7 Å². The van der Waals surface area contributed by atoms with Gasteiger partial charge in [-0.3, -0.25) is 0 Å². The van der Waals surface area contributed by atoms with E-state index in [9.17, 15) is 0 Å². The lowest BCUT2D eigenvalue weighted by molar-refractivity contribution is 0.217. The fourth-order valence-electron chi connectivity index (χ4n) is 4.53. The maximum Gasteiger partial charge on any atom is 0.122 e. The van der Waals surface area contributed by atoms with Gasteiger partial charge in [-0.25, -0.2) is 0 Å². The molecule has 3 atom stereocenters. The molecule has 3 unspecified atom stereocenters. The number of fused-ring (bicyclic) bond motifs is 3. The summed E-state index contributed by atoms with van der Waals surface area (Å²) in [6.07, 6.45) is 5.66. The highest BCUT2D eigenvalue weighted by molar-refractivity contribution is 6.31. The summed E-state index contributed by atoms with van der Waals surface area (Å²) in [5, 5.41) is 4.56. The third-order valence-electron chi connectivity index (χ3n) is 5.94. The smallest absolute Gasteiger partial charge is 0.122 e. The Bertz CT molecular complexity index is 1050. The van der Waals surface area contributed by atoms with Crippen molar-refractivity contribution in [2.75, 3.05) is 18.5 Å². The molecule has 0 amide bonds. The zero-order chi connectivity index (χ0) is 20.3. The molecule has 1 aliphatic carbocycles. The van der Waals surface area contributed by atoms with Gasteiger partial charge in [-0.1, -0.05) is 60.2 Å². The molecule has 0 aromatic heterocycles. The Morgan fingerprint density at radius 3 is 2.43 bits per heavy atom. The Balaban J connectivity index is 1.30. The molecule has 1 aliphatic heterocycles. The molecule has 1 N–H and O–H groups in total. The van der Waals surface area contributed by atoms with Crippen molar-refractivity contribution in [3.05, 3.63) is 101 Å². The van der Waals surface area contributed by atoms with Crippen LogP contribution in [0.3, 0.4) is 0 Å². The molecule has 3 aromatic carbocycles. The van der Waals surface area contributed by atoms with Crippen molar-refractivity contribution in [3.8, 4) is 11.5 Å². The van der Waals surface area contributed by atoms with Crippen LogP contribution < -0.4 is 14.8 Å². The fourth-order valence-corrected chi connectivity index (χ4v) is 4.79.